The van der Waals surface area contributed by atoms with E-state index >= 15 is 0 Å². The van der Waals surface area contributed by atoms with Crippen molar-refractivity contribution in [3.8, 4) is 44.6 Å². The topological polar surface area (TPSA) is 12.9 Å². The third-order valence-electron chi connectivity index (χ3n) is 6.34. The molecule has 0 aliphatic heterocycles. The molecule has 0 atom stereocenters. The van der Waals surface area contributed by atoms with Crippen molar-refractivity contribution in [3.05, 3.63) is 140 Å². The number of aromatic nitrogens is 1. The Balaban J connectivity index is 1.27. The zero-order valence-electron chi connectivity index (χ0n) is 18.7. The van der Waals surface area contributed by atoms with Gasteiger partial charge in [-0.25, -0.2) is 0 Å². The molecule has 0 fully saturated rings. The van der Waals surface area contributed by atoms with E-state index in [4.69, 9.17) is 0 Å². The molecule has 1 heteroatoms. The molecule has 5 aromatic carbocycles. The van der Waals surface area contributed by atoms with Crippen LogP contribution in [-0.4, -0.2) is 4.98 Å². The summed E-state index contributed by atoms with van der Waals surface area (Å²) in [5.74, 6) is 0. The molecule has 0 N–H and O–H groups in total. The minimum absolute atomic E-state index is 0.997. The highest BCUT2D eigenvalue weighted by Gasteiger charge is 2.05. The van der Waals surface area contributed by atoms with Crippen LogP contribution in [0.25, 0.3) is 55.4 Å². The Labute approximate surface area is 200 Å². The quantitative estimate of drug-likeness (QED) is 0.270. The van der Waals surface area contributed by atoms with Gasteiger partial charge < -0.3 is 0 Å². The van der Waals surface area contributed by atoms with Gasteiger partial charge in [0.05, 0.1) is 5.69 Å². The fraction of sp³-hybridized carbons (Fsp3) is 0. The lowest BCUT2D eigenvalue weighted by atomic mass is 9.96. The fourth-order valence-electron chi connectivity index (χ4n) is 4.46. The van der Waals surface area contributed by atoms with Crippen LogP contribution in [0, 0.1) is 0 Å². The van der Waals surface area contributed by atoms with Crippen LogP contribution in [0.2, 0.25) is 0 Å². The molecule has 0 aliphatic carbocycles. The molecular formula is C33H23N. The zero-order chi connectivity index (χ0) is 22.7. The zero-order valence-corrected chi connectivity index (χ0v) is 18.7. The molecule has 0 bridgehead atoms. The largest absolute Gasteiger partial charge is 0.256 e. The molecule has 0 radical (unpaired) electrons. The van der Waals surface area contributed by atoms with E-state index in [0.29, 0.717) is 0 Å². The maximum atomic E-state index is 4.45. The smallest absolute Gasteiger partial charge is 0.0701 e. The van der Waals surface area contributed by atoms with Crippen molar-refractivity contribution in [2.24, 2.45) is 0 Å². The highest BCUT2D eigenvalue weighted by Crippen LogP contribution is 2.30. The molecule has 0 aliphatic rings. The molecule has 160 valence electrons. The number of benzene rings is 5. The van der Waals surface area contributed by atoms with E-state index in [9.17, 15) is 0 Å². The predicted molar refractivity (Wildman–Crippen MR) is 143 cm³/mol. The Hall–Kier alpha value is -4.49. The van der Waals surface area contributed by atoms with Gasteiger partial charge in [0.1, 0.15) is 0 Å². The second kappa shape index (κ2) is 8.80. The van der Waals surface area contributed by atoms with Gasteiger partial charge in [0.2, 0.25) is 0 Å². The molecule has 34 heavy (non-hydrogen) atoms. The minimum Gasteiger partial charge on any atom is -0.256 e. The summed E-state index contributed by atoms with van der Waals surface area (Å²) >= 11 is 0. The van der Waals surface area contributed by atoms with E-state index in [1.807, 2.05) is 24.4 Å². The number of rotatable bonds is 4. The van der Waals surface area contributed by atoms with Crippen LogP contribution in [0.5, 0.6) is 0 Å². The van der Waals surface area contributed by atoms with Crippen molar-refractivity contribution in [3.63, 3.8) is 0 Å². The van der Waals surface area contributed by atoms with Gasteiger partial charge in [-0.1, -0.05) is 109 Å². The van der Waals surface area contributed by atoms with Crippen LogP contribution in [0.1, 0.15) is 0 Å². The van der Waals surface area contributed by atoms with Crippen molar-refractivity contribution in [1.29, 1.82) is 0 Å². The summed E-state index contributed by atoms with van der Waals surface area (Å²) < 4.78 is 0. The summed E-state index contributed by atoms with van der Waals surface area (Å²) in [4.78, 5) is 4.45. The first kappa shape index (κ1) is 20.1. The van der Waals surface area contributed by atoms with Gasteiger partial charge in [0.25, 0.3) is 0 Å². The molecule has 0 amide bonds. The molecule has 0 unspecified atom stereocenters. The highest BCUT2D eigenvalue weighted by atomic mass is 14.7. The molecule has 6 aromatic rings. The van der Waals surface area contributed by atoms with Crippen LogP contribution in [-0.2, 0) is 0 Å². The first-order chi connectivity index (χ1) is 16.8. The Kier molecular flexibility index (Phi) is 5.21. The van der Waals surface area contributed by atoms with Gasteiger partial charge in [-0.3, -0.25) is 4.98 Å². The second-order valence-corrected chi connectivity index (χ2v) is 8.51. The molecule has 0 spiro atoms. The third-order valence-corrected chi connectivity index (χ3v) is 6.34. The van der Waals surface area contributed by atoms with Gasteiger partial charge in [0, 0.05) is 11.8 Å². The van der Waals surface area contributed by atoms with Crippen LogP contribution in [0.15, 0.2) is 140 Å². The monoisotopic (exact) mass is 433 g/mol. The summed E-state index contributed by atoms with van der Waals surface area (Å²) in [5.41, 5.74) is 9.51. The van der Waals surface area contributed by atoms with Gasteiger partial charge in [0.15, 0.2) is 0 Å². The van der Waals surface area contributed by atoms with Crippen molar-refractivity contribution in [1.82, 2.24) is 4.98 Å². The number of pyridine rings is 1. The van der Waals surface area contributed by atoms with E-state index in [2.05, 4.69) is 120 Å². The standard InChI is InChI=1S/C33H23N/c1-2-6-24(7-3-1)25-9-11-26(12-10-25)29-17-19-32-23-30(18-20-31(32)22-29)27-13-15-28(16-14-27)33-8-4-5-21-34-33/h1-23H. The van der Waals surface area contributed by atoms with Gasteiger partial charge in [-0.2, -0.15) is 0 Å². The Bertz CT molecular complexity index is 1430. The number of nitrogens with zero attached hydrogens (tertiary/aromatic N) is 1. The summed E-state index contributed by atoms with van der Waals surface area (Å²) in [7, 11) is 0. The second-order valence-electron chi connectivity index (χ2n) is 8.51. The van der Waals surface area contributed by atoms with Gasteiger partial charge in [-0.15, -0.1) is 0 Å². The molecule has 0 saturated heterocycles. The highest BCUT2D eigenvalue weighted by molar-refractivity contribution is 5.91. The van der Waals surface area contributed by atoms with Crippen molar-refractivity contribution in [2.45, 2.75) is 0 Å². The summed E-state index contributed by atoms with van der Waals surface area (Å²) in [6.45, 7) is 0. The average Bonchev–Trinajstić information content (AvgIpc) is 2.94. The summed E-state index contributed by atoms with van der Waals surface area (Å²) in [6, 6.07) is 47.4. The Morgan fingerprint density at radius 3 is 1.29 bits per heavy atom. The first-order valence-electron chi connectivity index (χ1n) is 11.5. The molecule has 0 saturated carbocycles. The predicted octanol–water partition coefficient (Wildman–Crippen LogP) is 8.90. The number of hydrogen-bond acceptors (Lipinski definition) is 1. The maximum absolute atomic E-state index is 4.45. The molecule has 1 aromatic heterocycles. The fourth-order valence-corrected chi connectivity index (χ4v) is 4.46. The SMILES string of the molecule is c1ccc(-c2ccc(-c3ccc4cc(-c5ccc(-c6ccccn6)cc5)ccc4c3)cc2)cc1. The van der Waals surface area contributed by atoms with E-state index < -0.39 is 0 Å². The van der Waals surface area contributed by atoms with E-state index in [0.717, 1.165) is 11.3 Å². The van der Waals surface area contributed by atoms with E-state index in [1.165, 1.54) is 44.2 Å². The lowest BCUT2D eigenvalue weighted by molar-refractivity contribution is 1.33. The van der Waals surface area contributed by atoms with Crippen molar-refractivity contribution < 1.29 is 0 Å². The van der Waals surface area contributed by atoms with Crippen LogP contribution in [0.4, 0.5) is 0 Å². The van der Waals surface area contributed by atoms with Crippen LogP contribution in [0.3, 0.4) is 0 Å². The van der Waals surface area contributed by atoms with Gasteiger partial charge >= 0.3 is 0 Å². The first-order valence-corrected chi connectivity index (χ1v) is 11.5. The van der Waals surface area contributed by atoms with Gasteiger partial charge in [-0.05, 0) is 68.4 Å². The third kappa shape index (κ3) is 4.00. The Morgan fingerprint density at radius 2 is 0.765 bits per heavy atom. The van der Waals surface area contributed by atoms with E-state index in [1.54, 1.807) is 0 Å². The molecule has 1 nitrogen and oxygen atoms in total. The van der Waals surface area contributed by atoms with Crippen molar-refractivity contribution in [2.75, 3.05) is 0 Å². The summed E-state index contributed by atoms with van der Waals surface area (Å²) in [5, 5.41) is 2.49. The van der Waals surface area contributed by atoms with Crippen molar-refractivity contribution >= 4 is 10.8 Å². The minimum atomic E-state index is 0.997. The number of fused-ring (bicyclic) bond motifs is 1. The van der Waals surface area contributed by atoms with E-state index in [-0.39, 0.29) is 0 Å². The maximum Gasteiger partial charge on any atom is 0.0701 e. The van der Waals surface area contributed by atoms with Crippen LogP contribution < -0.4 is 0 Å². The lowest BCUT2D eigenvalue weighted by Crippen LogP contribution is -1.84. The number of hydrogen-bond donors (Lipinski definition) is 0. The molecular weight excluding hydrogens is 410 g/mol. The lowest BCUT2D eigenvalue weighted by Gasteiger charge is -2.09. The van der Waals surface area contributed by atoms with Crippen LogP contribution >= 0.6 is 0 Å². The average molecular weight is 434 g/mol. The molecule has 1 heterocycles. The summed E-state index contributed by atoms with van der Waals surface area (Å²) in [6.07, 6.45) is 1.83. The molecule has 6 rings (SSSR count). The normalized spacial score (nSPS) is 10.9. The Morgan fingerprint density at radius 1 is 0.324 bits per heavy atom.